The zero-order chi connectivity index (χ0) is 26.5. The molecule has 2 aliphatic heterocycles. The molecule has 1 aliphatic carbocycles. The van der Waals surface area contributed by atoms with Crippen molar-refractivity contribution in [3.8, 4) is 0 Å². The lowest BCUT2D eigenvalue weighted by Crippen LogP contribution is -2.53. The first-order valence-corrected chi connectivity index (χ1v) is 15.7. The molecule has 206 valence electrons. The number of hydrogen-bond donors (Lipinski definition) is 0. The lowest BCUT2D eigenvalue weighted by Gasteiger charge is -2.42. The van der Waals surface area contributed by atoms with E-state index in [4.69, 9.17) is 16.3 Å². The number of carbonyl (C=O) groups excluding carboxylic acids is 1. The molecule has 3 fully saturated rings. The van der Waals surface area contributed by atoms with E-state index in [1.807, 2.05) is 30.3 Å². The van der Waals surface area contributed by atoms with Crippen molar-refractivity contribution in [2.24, 2.45) is 0 Å². The van der Waals surface area contributed by atoms with E-state index in [-0.39, 0.29) is 23.6 Å². The summed E-state index contributed by atoms with van der Waals surface area (Å²) in [5.74, 6) is 0. The maximum atomic E-state index is 14.0. The van der Waals surface area contributed by atoms with Gasteiger partial charge in [0.05, 0.1) is 17.0 Å². The Bertz CT molecular complexity index is 1160. The number of sulfonamides is 1. The minimum absolute atomic E-state index is 0.0395. The molecular weight excluding hydrogens is 522 g/mol. The van der Waals surface area contributed by atoms with Crippen molar-refractivity contribution >= 4 is 27.7 Å². The van der Waals surface area contributed by atoms with Crippen molar-refractivity contribution in [2.45, 2.75) is 74.4 Å². The molecule has 2 saturated heterocycles. The molecule has 0 radical (unpaired) electrons. The molecule has 0 N–H and O–H groups in total. The van der Waals surface area contributed by atoms with Gasteiger partial charge in [0.25, 0.3) is 0 Å². The van der Waals surface area contributed by atoms with Crippen molar-refractivity contribution in [3.63, 3.8) is 0 Å². The van der Waals surface area contributed by atoms with Crippen LogP contribution in [0.3, 0.4) is 0 Å². The maximum Gasteiger partial charge on any atom is 0.409 e. The molecule has 0 bridgehead atoms. The second kappa shape index (κ2) is 12.4. The smallest absolute Gasteiger partial charge is 0.409 e. The Morgan fingerprint density at radius 2 is 1.53 bits per heavy atom. The van der Waals surface area contributed by atoms with Gasteiger partial charge in [-0.2, -0.15) is 4.31 Å². The van der Waals surface area contributed by atoms with Gasteiger partial charge >= 0.3 is 6.09 Å². The summed E-state index contributed by atoms with van der Waals surface area (Å²) in [5, 5.41) is 0.483. The van der Waals surface area contributed by atoms with E-state index in [1.54, 1.807) is 33.5 Å². The predicted octanol–water partition coefficient (Wildman–Crippen LogP) is 5.71. The van der Waals surface area contributed by atoms with Gasteiger partial charge in [0.15, 0.2) is 0 Å². The SMILES string of the molecule is O=C(OC[C@H]1CCC[C@@H](c2ccccc2)N1S(=O)(=O)c1ccc(Cl)cc1)N1CCN(C2CCCCC2)CC1. The van der Waals surface area contributed by atoms with Crippen LogP contribution >= 0.6 is 11.6 Å². The third kappa shape index (κ3) is 6.19. The van der Waals surface area contributed by atoms with E-state index >= 15 is 0 Å². The van der Waals surface area contributed by atoms with E-state index in [0.29, 0.717) is 37.0 Å². The molecule has 7 nitrogen and oxygen atoms in total. The fourth-order valence-electron chi connectivity index (χ4n) is 6.27. The van der Waals surface area contributed by atoms with Crippen molar-refractivity contribution in [2.75, 3.05) is 32.8 Å². The van der Waals surface area contributed by atoms with Gasteiger partial charge in [-0.15, -0.1) is 0 Å². The average molecular weight is 560 g/mol. The number of amides is 1. The quantitative estimate of drug-likeness (QED) is 0.453. The Morgan fingerprint density at radius 3 is 2.21 bits per heavy atom. The van der Waals surface area contributed by atoms with E-state index in [9.17, 15) is 13.2 Å². The summed E-state index contributed by atoms with van der Waals surface area (Å²) in [7, 11) is -3.85. The van der Waals surface area contributed by atoms with Crippen molar-refractivity contribution in [3.05, 3.63) is 65.2 Å². The molecule has 2 aromatic rings. The van der Waals surface area contributed by atoms with Gasteiger partial charge in [0.1, 0.15) is 6.61 Å². The number of carbonyl (C=O) groups is 1. The third-order valence-corrected chi connectivity index (χ3v) is 10.5. The van der Waals surface area contributed by atoms with Crippen LogP contribution in [0.15, 0.2) is 59.5 Å². The second-order valence-electron chi connectivity index (χ2n) is 10.7. The molecule has 38 heavy (non-hydrogen) atoms. The Labute approximate surface area is 231 Å². The van der Waals surface area contributed by atoms with E-state index < -0.39 is 16.1 Å². The van der Waals surface area contributed by atoms with Gasteiger partial charge in [-0.1, -0.05) is 61.2 Å². The van der Waals surface area contributed by atoms with Crippen LogP contribution in [0.2, 0.25) is 5.02 Å². The van der Waals surface area contributed by atoms with Crippen LogP contribution in [0.4, 0.5) is 4.79 Å². The zero-order valence-corrected chi connectivity index (χ0v) is 23.5. The highest BCUT2D eigenvalue weighted by atomic mass is 35.5. The summed E-state index contributed by atoms with van der Waals surface area (Å²) < 4.78 is 35.3. The van der Waals surface area contributed by atoms with Gasteiger partial charge in [0.2, 0.25) is 10.0 Å². The highest BCUT2D eigenvalue weighted by Gasteiger charge is 2.41. The number of halogens is 1. The zero-order valence-electron chi connectivity index (χ0n) is 21.9. The molecule has 1 saturated carbocycles. The first-order chi connectivity index (χ1) is 18.4. The highest BCUT2D eigenvalue weighted by Crippen LogP contribution is 2.39. The molecule has 5 rings (SSSR count). The third-order valence-electron chi connectivity index (χ3n) is 8.32. The van der Waals surface area contributed by atoms with Crippen LogP contribution < -0.4 is 0 Å². The van der Waals surface area contributed by atoms with Crippen LogP contribution in [0.25, 0.3) is 0 Å². The molecule has 0 unspecified atom stereocenters. The van der Waals surface area contributed by atoms with Gasteiger partial charge in [0, 0.05) is 37.2 Å². The Hall–Kier alpha value is -2.13. The van der Waals surface area contributed by atoms with Gasteiger partial charge < -0.3 is 9.64 Å². The fraction of sp³-hybridized carbons (Fsp3) is 0.552. The summed E-state index contributed by atoms with van der Waals surface area (Å²) in [5.41, 5.74) is 0.944. The predicted molar refractivity (Wildman–Crippen MR) is 149 cm³/mol. The van der Waals surface area contributed by atoms with Crippen LogP contribution in [-0.2, 0) is 14.8 Å². The minimum Gasteiger partial charge on any atom is -0.448 e. The number of nitrogens with zero attached hydrogens (tertiary/aromatic N) is 3. The normalized spacial score (nSPS) is 24.3. The van der Waals surface area contributed by atoms with E-state index in [2.05, 4.69) is 4.90 Å². The summed E-state index contributed by atoms with van der Waals surface area (Å²) in [4.78, 5) is 17.5. The van der Waals surface area contributed by atoms with Crippen molar-refractivity contribution < 1.29 is 17.9 Å². The molecule has 2 atom stereocenters. The molecule has 1 amide bonds. The summed E-state index contributed by atoms with van der Waals surface area (Å²) in [6.07, 6.45) is 8.30. The molecule has 9 heteroatoms. The summed E-state index contributed by atoms with van der Waals surface area (Å²) >= 11 is 6.04. The Morgan fingerprint density at radius 1 is 0.842 bits per heavy atom. The molecular formula is C29H38ClN3O4S. The van der Waals surface area contributed by atoms with E-state index in [1.165, 1.54) is 32.1 Å². The maximum absolute atomic E-state index is 14.0. The topological polar surface area (TPSA) is 70.2 Å². The highest BCUT2D eigenvalue weighted by molar-refractivity contribution is 7.89. The number of rotatable bonds is 6. The van der Waals surface area contributed by atoms with Crippen LogP contribution in [-0.4, -0.2) is 73.5 Å². The lowest BCUT2D eigenvalue weighted by atomic mass is 9.93. The van der Waals surface area contributed by atoms with Crippen LogP contribution in [0.5, 0.6) is 0 Å². The summed E-state index contributed by atoms with van der Waals surface area (Å²) in [6, 6.07) is 15.9. The average Bonchev–Trinajstić information content (AvgIpc) is 2.97. The second-order valence-corrected chi connectivity index (χ2v) is 13.0. The lowest BCUT2D eigenvalue weighted by molar-refractivity contribution is 0.0382. The summed E-state index contributed by atoms with van der Waals surface area (Å²) in [6.45, 7) is 3.09. The van der Waals surface area contributed by atoms with Crippen molar-refractivity contribution in [1.82, 2.24) is 14.1 Å². The van der Waals surface area contributed by atoms with Gasteiger partial charge in [-0.3, -0.25) is 4.90 Å². The standard InChI is InChI=1S/C29H38ClN3O4S/c30-24-14-16-27(17-15-24)38(35,36)33-26(12-7-13-28(33)23-8-3-1-4-9-23)22-37-29(34)32-20-18-31(19-21-32)25-10-5-2-6-11-25/h1,3-4,8-9,14-17,25-26,28H,2,5-7,10-13,18-22H2/t26-,28+/m1/s1. The Balaban J connectivity index is 1.28. The fourth-order valence-corrected chi connectivity index (χ4v) is 8.24. The Kier molecular flexibility index (Phi) is 8.93. The number of ether oxygens (including phenoxy) is 1. The van der Waals surface area contributed by atoms with Crippen molar-refractivity contribution in [1.29, 1.82) is 0 Å². The van der Waals surface area contributed by atoms with Gasteiger partial charge in [-0.05, 0) is 61.9 Å². The molecule has 2 heterocycles. The number of hydrogen-bond acceptors (Lipinski definition) is 5. The molecule has 3 aliphatic rings. The largest absolute Gasteiger partial charge is 0.448 e. The minimum atomic E-state index is -3.85. The molecule has 0 spiro atoms. The molecule has 0 aromatic heterocycles. The van der Waals surface area contributed by atoms with Gasteiger partial charge in [-0.25, -0.2) is 13.2 Å². The molecule has 2 aromatic carbocycles. The number of piperidine rings is 1. The monoisotopic (exact) mass is 559 g/mol. The number of benzene rings is 2. The first kappa shape index (κ1) is 27.4. The van der Waals surface area contributed by atoms with E-state index in [0.717, 1.165) is 25.1 Å². The number of piperazine rings is 1. The first-order valence-electron chi connectivity index (χ1n) is 13.9. The van der Waals surface area contributed by atoms with Crippen LogP contribution in [0.1, 0.15) is 63.0 Å². The van der Waals surface area contributed by atoms with Crippen LogP contribution in [0, 0.1) is 0 Å².